The van der Waals surface area contributed by atoms with E-state index in [1.807, 2.05) is 30.3 Å². The molecule has 0 heterocycles. The minimum absolute atomic E-state index is 0.306. The molecule has 98 valence electrons. The number of para-hydroxylation sites is 1. The highest BCUT2D eigenvalue weighted by molar-refractivity contribution is 5.81. The highest BCUT2D eigenvalue weighted by atomic mass is 16.5. The second kappa shape index (κ2) is 9.24. The number of hydrogen-bond donors (Lipinski definition) is 1. The van der Waals surface area contributed by atoms with Gasteiger partial charge in [-0.3, -0.25) is 0 Å². The average molecular weight is 249 g/mol. The van der Waals surface area contributed by atoms with E-state index < -0.39 is 0 Å². The molecule has 0 saturated carbocycles. The predicted molar refractivity (Wildman–Crippen MR) is 70.6 cm³/mol. The predicted octanol–water partition coefficient (Wildman–Crippen LogP) is 1.77. The molecule has 18 heavy (non-hydrogen) atoms. The first kappa shape index (κ1) is 14.3. The lowest BCUT2D eigenvalue weighted by Crippen LogP contribution is -2.21. The van der Waals surface area contributed by atoms with Crippen LogP contribution in [0, 0.1) is 0 Å². The number of benzene rings is 1. The summed E-state index contributed by atoms with van der Waals surface area (Å²) in [5.74, 6) is 0.557. The molecule has 0 fully saturated rings. The summed E-state index contributed by atoms with van der Waals surface area (Å²) >= 11 is 0. The minimum Gasteiger partial charge on any atom is -0.492 e. The van der Waals surface area contributed by atoms with E-state index in [4.69, 9.17) is 9.47 Å². The zero-order valence-corrected chi connectivity index (χ0v) is 10.6. The van der Waals surface area contributed by atoms with Gasteiger partial charge in [0.05, 0.1) is 6.61 Å². The smallest absolute Gasteiger partial charge is 0.330 e. The van der Waals surface area contributed by atoms with Crippen LogP contribution >= 0.6 is 0 Å². The summed E-state index contributed by atoms with van der Waals surface area (Å²) < 4.78 is 10.2. The average Bonchev–Trinajstić information content (AvgIpc) is 2.39. The maximum atomic E-state index is 11.0. The number of carbonyl (C=O) groups is 1. The Hall–Kier alpha value is -1.81. The molecule has 0 atom stereocenters. The third kappa shape index (κ3) is 6.70. The van der Waals surface area contributed by atoms with Gasteiger partial charge in [0, 0.05) is 19.2 Å². The zero-order valence-electron chi connectivity index (χ0n) is 10.6. The first-order valence-electron chi connectivity index (χ1n) is 6.04. The zero-order chi connectivity index (χ0) is 13.1. The fourth-order valence-corrected chi connectivity index (χ4v) is 1.29. The molecule has 0 radical (unpaired) electrons. The molecule has 1 aromatic carbocycles. The molecule has 0 bridgehead atoms. The van der Waals surface area contributed by atoms with Gasteiger partial charge in [0.25, 0.3) is 0 Å². The monoisotopic (exact) mass is 249 g/mol. The molecule has 0 aliphatic rings. The number of nitrogens with one attached hydrogen (secondary N) is 1. The van der Waals surface area contributed by atoms with E-state index in [1.165, 1.54) is 6.08 Å². The van der Waals surface area contributed by atoms with Gasteiger partial charge in [-0.15, -0.1) is 0 Å². The van der Waals surface area contributed by atoms with E-state index in [0.29, 0.717) is 19.8 Å². The molecule has 0 spiro atoms. The van der Waals surface area contributed by atoms with Crippen LogP contribution in [0.25, 0.3) is 0 Å². The second-order valence-corrected chi connectivity index (χ2v) is 3.52. The SMILES string of the molecule is CCOC(=O)/C=C/CNCCOc1ccccc1. The lowest BCUT2D eigenvalue weighted by Gasteiger charge is -2.05. The van der Waals surface area contributed by atoms with E-state index >= 15 is 0 Å². The summed E-state index contributed by atoms with van der Waals surface area (Å²) in [6.07, 6.45) is 3.16. The van der Waals surface area contributed by atoms with Crippen molar-refractivity contribution in [2.45, 2.75) is 6.92 Å². The molecule has 0 aliphatic carbocycles. The van der Waals surface area contributed by atoms with Crippen molar-refractivity contribution < 1.29 is 14.3 Å². The lowest BCUT2D eigenvalue weighted by atomic mass is 10.3. The van der Waals surface area contributed by atoms with Crippen molar-refractivity contribution in [3.63, 3.8) is 0 Å². The number of rotatable bonds is 8. The molecule has 0 saturated heterocycles. The van der Waals surface area contributed by atoms with Gasteiger partial charge in [0.1, 0.15) is 12.4 Å². The molecular weight excluding hydrogens is 230 g/mol. The van der Waals surface area contributed by atoms with E-state index in [0.717, 1.165) is 12.3 Å². The Labute approximate surface area is 108 Å². The summed E-state index contributed by atoms with van der Waals surface area (Å²) in [4.78, 5) is 11.0. The fraction of sp³-hybridized carbons (Fsp3) is 0.357. The number of esters is 1. The molecule has 4 heteroatoms. The lowest BCUT2D eigenvalue weighted by molar-refractivity contribution is -0.137. The Bertz CT molecular complexity index is 363. The van der Waals surface area contributed by atoms with Gasteiger partial charge in [-0.1, -0.05) is 24.3 Å². The fourth-order valence-electron chi connectivity index (χ4n) is 1.29. The first-order valence-corrected chi connectivity index (χ1v) is 6.04. The van der Waals surface area contributed by atoms with Crippen molar-refractivity contribution in [3.8, 4) is 5.75 Å². The Morgan fingerprint density at radius 3 is 2.83 bits per heavy atom. The summed E-state index contributed by atoms with van der Waals surface area (Å²) in [6, 6.07) is 9.66. The van der Waals surface area contributed by atoms with Crippen molar-refractivity contribution in [3.05, 3.63) is 42.5 Å². The third-order valence-corrected chi connectivity index (χ3v) is 2.09. The maximum Gasteiger partial charge on any atom is 0.330 e. The van der Waals surface area contributed by atoms with Crippen LogP contribution in [0.1, 0.15) is 6.92 Å². The van der Waals surface area contributed by atoms with Crippen LogP contribution < -0.4 is 10.1 Å². The highest BCUT2D eigenvalue weighted by Gasteiger charge is 1.92. The maximum absolute atomic E-state index is 11.0. The van der Waals surface area contributed by atoms with Crippen LogP contribution in [-0.2, 0) is 9.53 Å². The third-order valence-electron chi connectivity index (χ3n) is 2.09. The van der Waals surface area contributed by atoms with Crippen LogP contribution in [0.2, 0.25) is 0 Å². The number of carbonyl (C=O) groups excluding carboxylic acids is 1. The van der Waals surface area contributed by atoms with E-state index in [2.05, 4.69) is 5.32 Å². The molecule has 4 nitrogen and oxygen atoms in total. The van der Waals surface area contributed by atoms with Crippen LogP contribution in [0.5, 0.6) is 5.75 Å². The van der Waals surface area contributed by atoms with Crippen LogP contribution in [0.15, 0.2) is 42.5 Å². The van der Waals surface area contributed by atoms with Crippen molar-refractivity contribution in [1.29, 1.82) is 0 Å². The van der Waals surface area contributed by atoms with Gasteiger partial charge < -0.3 is 14.8 Å². The van der Waals surface area contributed by atoms with E-state index in [9.17, 15) is 4.79 Å². The van der Waals surface area contributed by atoms with Gasteiger partial charge in [-0.2, -0.15) is 0 Å². The quantitative estimate of drug-likeness (QED) is 0.433. The summed E-state index contributed by atoms with van der Waals surface area (Å²) in [6.45, 7) is 4.13. The Balaban J connectivity index is 2.01. The van der Waals surface area contributed by atoms with Crippen molar-refractivity contribution in [2.75, 3.05) is 26.3 Å². The molecule has 0 unspecified atom stereocenters. The Morgan fingerprint density at radius 2 is 2.11 bits per heavy atom. The van der Waals surface area contributed by atoms with Gasteiger partial charge in [-0.05, 0) is 19.1 Å². The largest absolute Gasteiger partial charge is 0.492 e. The molecule has 0 aromatic heterocycles. The summed E-state index contributed by atoms with van der Waals surface area (Å²) in [5, 5.41) is 3.13. The van der Waals surface area contributed by atoms with E-state index in [-0.39, 0.29) is 5.97 Å². The Morgan fingerprint density at radius 1 is 1.33 bits per heavy atom. The van der Waals surface area contributed by atoms with Gasteiger partial charge in [0.2, 0.25) is 0 Å². The Kier molecular flexibility index (Phi) is 7.32. The molecule has 1 aromatic rings. The molecule has 0 aliphatic heterocycles. The second-order valence-electron chi connectivity index (χ2n) is 3.52. The number of ether oxygens (including phenoxy) is 2. The van der Waals surface area contributed by atoms with Crippen molar-refractivity contribution >= 4 is 5.97 Å². The first-order chi connectivity index (χ1) is 8.83. The number of hydrogen-bond acceptors (Lipinski definition) is 4. The van der Waals surface area contributed by atoms with Gasteiger partial charge in [-0.25, -0.2) is 4.79 Å². The molecule has 0 amide bonds. The van der Waals surface area contributed by atoms with Crippen LogP contribution in [0.4, 0.5) is 0 Å². The van der Waals surface area contributed by atoms with Crippen molar-refractivity contribution in [2.24, 2.45) is 0 Å². The topological polar surface area (TPSA) is 47.6 Å². The molecule has 1 N–H and O–H groups in total. The molecular formula is C14H19NO3. The van der Waals surface area contributed by atoms with Gasteiger partial charge >= 0.3 is 5.97 Å². The normalized spacial score (nSPS) is 10.5. The van der Waals surface area contributed by atoms with Crippen LogP contribution in [-0.4, -0.2) is 32.3 Å². The van der Waals surface area contributed by atoms with Gasteiger partial charge in [0.15, 0.2) is 0 Å². The van der Waals surface area contributed by atoms with Crippen LogP contribution in [0.3, 0.4) is 0 Å². The minimum atomic E-state index is -0.306. The highest BCUT2D eigenvalue weighted by Crippen LogP contribution is 2.07. The standard InChI is InChI=1S/C14H19NO3/c1-2-17-14(16)9-6-10-15-11-12-18-13-7-4-3-5-8-13/h3-9,15H,2,10-12H2,1H3/b9-6+. The molecule has 1 rings (SSSR count). The summed E-state index contributed by atoms with van der Waals surface area (Å²) in [5.41, 5.74) is 0. The van der Waals surface area contributed by atoms with Crippen molar-refractivity contribution in [1.82, 2.24) is 5.32 Å². The summed E-state index contributed by atoms with van der Waals surface area (Å²) in [7, 11) is 0. The van der Waals surface area contributed by atoms with E-state index in [1.54, 1.807) is 13.0 Å².